The van der Waals surface area contributed by atoms with Crippen molar-refractivity contribution >= 4 is 28.5 Å². The van der Waals surface area contributed by atoms with Crippen LogP contribution in [-0.4, -0.2) is 62.1 Å². The molecule has 3 N–H and O–H groups in total. The first kappa shape index (κ1) is 23.2. The van der Waals surface area contributed by atoms with Crippen LogP contribution in [0.25, 0.3) is 11.0 Å². The number of benzene rings is 1. The summed E-state index contributed by atoms with van der Waals surface area (Å²) in [5.74, 6) is 1.12. The van der Waals surface area contributed by atoms with Crippen LogP contribution in [0.1, 0.15) is 55.1 Å². The Morgan fingerprint density at radius 3 is 2.73 bits per heavy atom. The van der Waals surface area contributed by atoms with Gasteiger partial charge in [0.25, 0.3) is 0 Å². The summed E-state index contributed by atoms with van der Waals surface area (Å²) in [5, 5.41) is 25.2. The van der Waals surface area contributed by atoms with Gasteiger partial charge in [0.2, 0.25) is 0 Å². The highest BCUT2D eigenvalue weighted by molar-refractivity contribution is 6.32. The Labute approximate surface area is 197 Å². The fourth-order valence-corrected chi connectivity index (χ4v) is 4.79. The number of anilines is 1. The molecule has 1 aliphatic heterocycles. The summed E-state index contributed by atoms with van der Waals surface area (Å²) < 4.78 is 7.95. The van der Waals surface area contributed by atoms with E-state index in [0.717, 1.165) is 35.3 Å². The molecule has 2 aromatic heterocycles. The molecule has 0 radical (unpaired) electrons. The van der Waals surface area contributed by atoms with Crippen molar-refractivity contribution in [1.82, 2.24) is 24.6 Å². The first-order valence-corrected chi connectivity index (χ1v) is 11.4. The maximum absolute atomic E-state index is 9.91. The number of nitrogens with two attached hydrogens (primary N) is 1. The molecule has 0 bridgehead atoms. The van der Waals surface area contributed by atoms with Crippen LogP contribution < -0.4 is 10.5 Å². The normalized spacial score (nSPS) is 16.4. The maximum atomic E-state index is 9.91. The van der Waals surface area contributed by atoms with Crippen molar-refractivity contribution in [2.75, 3.05) is 32.0 Å². The topological polar surface area (TPSA) is 126 Å². The van der Waals surface area contributed by atoms with Crippen molar-refractivity contribution in [2.24, 2.45) is 0 Å². The zero-order chi connectivity index (χ0) is 23.9. The number of hydrogen-bond donors (Lipinski definition) is 2. The zero-order valence-corrected chi connectivity index (χ0v) is 20.0. The Hall–Kier alpha value is -2.93. The lowest BCUT2D eigenvalue weighted by Crippen LogP contribution is -2.51. The van der Waals surface area contributed by atoms with Crippen LogP contribution in [0.15, 0.2) is 12.4 Å². The number of nitriles is 1. The number of hydrogen-bond acceptors (Lipinski definition) is 8. The minimum Gasteiger partial charge on any atom is -0.493 e. The van der Waals surface area contributed by atoms with Crippen LogP contribution in [0.2, 0.25) is 5.02 Å². The largest absolute Gasteiger partial charge is 0.493 e. The van der Waals surface area contributed by atoms with Crippen molar-refractivity contribution in [2.45, 2.75) is 45.7 Å². The van der Waals surface area contributed by atoms with Gasteiger partial charge in [0, 0.05) is 36.2 Å². The summed E-state index contributed by atoms with van der Waals surface area (Å²) in [4.78, 5) is 10.7. The van der Waals surface area contributed by atoms with Gasteiger partial charge in [0.15, 0.2) is 5.65 Å². The molecule has 4 rings (SSSR count). The predicted octanol–water partition coefficient (Wildman–Crippen LogP) is 3.03. The molecule has 1 aromatic carbocycles. The van der Waals surface area contributed by atoms with Crippen molar-refractivity contribution in [1.29, 1.82) is 5.26 Å². The van der Waals surface area contributed by atoms with E-state index in [1.807, 2.05) is 27.7 Å². The van der Waals surface area contributed by atoms with E-state index < -0.39 is 0 Å². The van der Waals surface area contributed by atoms with Gasteiger partial charge in [-0.05, 0) is 33.8 Å². The smallest absolute Gasteiger partial charge is 0.164 e. The van der Waals surface area contributed by atoms with E-state index in [-0.39, 0.29) is 24.6 Å². The highest BCUT2D eigenvalue weighted by Crippen LogP contribution is 2.44. The quantitative estimate of drug-likeness (QED) is 0.540. The van der Waals surface area contributed by atoms with Crippen LogP contribution in [0.4, 0.5) is 5.82 Å². The van der Waals surface area contributed by atoms with E-state index in [4.69, 9.17) is 22.1 Å². The molecule has 3 aromatic rings. The Kier molecular flexibility index (Phi) is 6.43. The summed E-state index contributed by atoms with van der Waals surface area (Å²) in [5.41, 5.74) is 9.52. The van der Waals surface area contributed by atoms with Gasteiger partial charge in [0.05, 0.1) is 40.9 Å². The lowest BCUT2D eigenvalue weighted by atomic mass is 9.84. The standard InChI is InChI=1S/C23H28ClN7O2/c1-5-33-21-16(14(4)31-23-19(13(3)29-31)22(26)27-11-28-23)6-18(24)17(7-25)20(21)15-8-30(9-15)12(2)10-32/h6,11-12,14-15,32H,5,8-10H2,1-4H3,(H2,26,27,28). The van der Waals surface area contributed by atoms with Crippen molar-refractivity contribution in [3.8, 4) is 11.8 Å². The molecule has 0 aliphatic carbocycles. The average Bonchev–Trinajstić information content (AvgIpc) is 3.11. The highest BCUT2D eigenvalue weighted by Gasteiger charge is 2.37. The Morgan fingerprint density at radius 2 is 2.09 bits per heavy atom. The molecule has 1 saturated heterocycles. The van der Waals surface area contributed by atoms with E-state index in [2.05, 4.69) is 26.0 Å². The maximum Gasteiger partial charge on any atom is 0.164 e. The monoisotopic (exact) mass is 469 g/mol. The molecule has 0 saturated carbocycles. The number of aromatic nitrogens is 4. The molecule has 33 heavy (non-hydrogen) atoms. The molecular weight excluding hydrogens is 442 g/mol. The number of halogens is 1. The van der Waals surface area contributed by atoms with E-state index >= 15 is 0 Å². The fraction of sp³-hybridized carbons (Fsp3) is 0.478. The number of ether oxygens (including phenoxy) is 1. The molecule has 1 aliphatic rings. The third-order valence-corrected chi connectivity index (χ3v) is 6.71. The molecule has 10 heteroatoms. The molecular formula is C23H28ClN7O2. The average molecular weight is 470 g/mol. The molecule has 9 nitrogen and oxygen atoms in total. The van der Waals surface area contributed by atoms with Gasteiger partial charge >= 0.3 is 0 Å². The molecule has 2 unspecified atom stereocenters. The number of nitrogens with zero attached hydrogens (tertiary/aromatic N) is 6. The fourth-order valence-electron chi connectivity index (χ4n) is 4.53. The lowest BCUT2D eigenvalue weighted by molar-refractivity contribution is 0.0618. The number of rotatable bonds is 7. The van der Waals surface area contributed by atoms with Gasteiger partial charge in [-0.1, -0.05) is 11.6 Å². The first-order chi connectivity index (χ1) is 15.8. The lowest BCUT2D eigenvalue weighted by Gasteiger charge is -2.44. The second-order valence-corrected chi connectivity index (χ2v) is 8.86. The summed E-state index contributed by atoms with van der Waals surface area (Å²) in [6, 6.07) is 3.84. The third kappa shape index (κ3) is 3.88. The van der Waals surface area contributed by atoms with Crippen LogP contribution >= 0.6 is 11.6 Å². The van der Waals surface area contributed by atoms with Crippen LogP contribution in [-0.2, 0) is 0 Å². The number of aliphatic hydroxyl groups excluding tert-OH is 1. The van der Waals surface area contributed by atoms with Crippen molar-refractivity contribution in [3.05, 3.63) is 39.8 Å². The number of nitrogen functional groups attached to an aromatic ring is 1. The number of aryl methyl sites for hydroxylation is 1. The molecule has 3 heterocycles. The van der Waals surface area contributed by atoms with E-state index in [0.29, 0.717) is 34.4 Å². The summed E-state index contributed by atoms with van der Waals surface area (Å²) in [7, 11) is 0. The van der Waals surface area contributed by atoms with Gasteiger partial charge in [-0.25, -0.2) is 14.6 Å². The summed E-state index contributed by atoms with van der Waals surface area (Å²) in [6.45, 7) is 9.74. The SMILES string of the molecule is CCOc1c(C(C)n2nc(C)c3c(N)ncnc32)cc(Cl)c(C#N)c1C1CN(C(C)CO)C1. The minimum absolute atomic E-state index is 0.0588. The van der Waals surface area contributed by atoms with Crippen molar-refractivity contribution in [3.63, 3.8) is 0 Å². The predicted molar refractivity (Wildman–Crippen MR) is 126 cm³/mol. The van der Waals surface area contributed by atoms with Crippen LogP contribution in [0, 0.1) is 18.3 Å². The van der Waals surface area contributed by atoms with Gasteiger partial charge in [-0.3, -0.25) is 4.90 Å². The van der Waals surface area contributed by atoms with Crippen LogP contribution in [0.3, 0.4) is 0 Å². The Bertz CT molecular complexity index is 1230. The number of aliphatic hydroxyl groups is 1. The highest BCUT2D eigenvalue weighted by atomic mass is 35.5. The van der Waals surface area contributed by atoms with E-state index in [9.17, 15) is 10.4 Å². The molecule has 0 amide bonds. The van der Waals surface area contributed by atoms with Gasteiger partial charge in [-0.2, -0.15) is 10.4 Å². The van der Waals surface area contributed by atoms with Crippen LogP contribution in [0.5, 0.6) is 5.75 Å². The van der Waals surface area contributed by atoms with Crippen molar-refractivity contribution < 1.29 is 9.84 Å². The zero-order valence-electron chi connectivity index (χ0n) is 19.2. The van der Waals surface area contributed by atoms with E-state index in [1.165, 1.54) is 6.33 Å². The summed E-state index contributed by atoms with van der Waals surface area (Å²) in [6.07, 6.45) is 1.42. The third-order valence-electron chi connectivity index (χ3n) is 6.41. The molecule has 0 spiro atoms. The first-order valence-electron chi connectivity index (χ1n) is 11.0. The Balaban J connectivity index is 1.85. The Morgan fingerprint density at radius 1 is 1.36 bits per heavy atom. The number of fused-ring (bicyclic) bond motifs is 1. The minimum atomic E-state index is -0.284. The van der Waals surface area contributed by atoms with Gasteiger partial charge in [-0.15, -0.1) is 0 Å². The van der Waals surface area contributed by atoms with E-state index in [1.54, 1.807) is 10.7 Å². The molecule has 2 atom stereocenters. The number of likely N-dealkylation sites (tertiary alicyclic amines) is 1. The van der Waals surface area contributed by atoms with Gasteiger partial charge in [0.1, 0.15) is 24.0 Å². The molecule has 1 fully saturated rings. The summed E-state index contributed by atoms with van der Waals surface area (Å²) >= 11 is 6.63. The second kappa shape index (κ2) is 9.14. The van der Waals surface area contributed by atoms with Gasteiger partial charge < -0.3 is 15.6 Å². The second-order valence-electron chi connectivity index (χ2n) is 8.46. The molecule has 174 valence electrons.